The molecule has 0 amide bonds. The van der Waals surface area contributed by atoms with Gasteiger partial charge in [0.1, 0.15) is 0 Å². The molecule has 0 saturated carbocycles. The lowest BCUT2D eigenvalue weighted by Gasteiger charge is -2.31. The molecule has 1 aliphatic heterocycles. The van der Waals surface area contributed by atoms with Gasteiger partial charge >= 0.3 is 0 Å². The molecule has 2 heterocycles. The molecule has 0 aliphatic carbocycles. The number of nitrogen functional groups attached to an aromatic ring is 1. The molecule has 0 atom stereocenters. The largest absolute Gasteiger partial charge is 0.388 e. The minimum Gasteiger partial charge on any atom is -0.388 e. The summed E-state index contributed by atoms with van der Waals surface area (Å²) in [5.74, 6) is 0.314. The average Bonchev–Trinajstić information content (AvgIpc) is 2.26. The number of rotatable bonds is 3. The van der Waals surface area contributed by atoms with E-state index in [1.807, 2.05) is 0 Å². The molecule has 0 bridgehead atoms. The van der Waals surface area contributed by atoms with Gasteiger partial charge in [0.25, 0.3) is 0 Å². The van der Waals surface area contributed by atoms with Gasteiger partial charge in [-0.1, -0.05) is 0 Å². The Labute approximate surface area is 103 Å². The molecule has 1 fully saturated rings. The van der Waals surface area contributed by atoms with Gasteiger partial charge in [-0.3, -0.25) is 0 Å². The first kappa shape index (κ1) is 12.3. The molecular weight excluding hydrogens is 246 g/mol. The number of anilines is 2. The summed E-state index contributed by atoms with van der Waals surface area (Å²) in [5, 5.41) is 13.1. The van der Waals surface area contributed by atoms with E-state index < -0.39 is 5.60 Å². The maximum Gasteiger partial charge on any atom is 0.228 e. The Hall–Kier alpha value is -1.18. The van der Waals surface area contributed by atoms with Gasteiger partial charge in [0, 0.05) is 32.6 Å². The highest BCUT2D eigenvalue weighted by Gasteiger charge is 2.29. The minimum absolute atomic E-state index is 0.0268. The number of aliphatic hydroxyl groups is 1. The first-order valence-corrected chi connectivity index (χ1v) is 5.66. The molecule has 0 unspecified atom stereocenters. The first-order valence-electron chi connectivity index (χ1n) is 5.28. The number of nitrogens with zero attached hydrogens (tertiary/aromatic N) is 3. The lowest BCUT2D eigenvalue weighted by atomic mass is 9.94. The van der Waals surface area contributed by atoms with Crippen LogP contribution in [0.3, 0.4) is 0 Å². The van der Waals surface area contributed by atoms with Crippen molar-refractivity contribution in [1.29, 1.82) is 0 Å². The summed E-state index contributed by atoms with van der Waals surface area (Å²) < 4.78 is 5.19. The monoisotopic (exact) mass is 259 g/mol. The summed E-state index contributed by atoms with van der Waals surface area (Å²) in [5.41, 5.74) is 4.63. The van der Waals surface area contributed by atoms with Gasteiger partial charge in [0.05, 0.1) is 5.60 Å². The Morgan fingerprint density at radius 3 is 2.71 bits per heavy atom. The molecule has 1 aromatic rings. The predicted octanol–water partition coefficient (Wildman–Crippen LogP) is 0.0606. The number of hydrogen-bond acceptors (Lipinski definition) is 7. The normalized spacial score (nSPS) is 18.9. The Morgan fingerprint density at radius 2 is 2.06 bits per heavy atom. The molecule has 0 spiro atoms. The second-order valence-corrected chi connectivity index (χ2v) is 4.31. The van der Waals surface area contributed by atoms with Crippen LogP contribution in [0.1, 0.15) is 12.8 Å². The molecule has 7 nitrogen and oxygen atoms in total. The number of ether oxygens (including phenoxy) is 1. The zero-order valence-corrected chi connectivity index (χ0v) is 9.94. The van der Waals surface area contributed by atoms with Crippen LogP contribution in [0.4, 0.5) is 11.9 Å². The van der Waals surface area contributed by atoms with Crippen LogP contribution in [-0.2, 0) is 4.74 Å². The van der Waals surface area contributed by atoms with Crippen molar-refractivity contribution >= 4 is 23.5 Å². The van der Waals surface area contributed by atoms with Crippen LogP contribution in [0, 0.1) is 0 Å². The molecule has 94 valence electrons. The number of aromatic nitrogens is 3. The fraction of sp³-hybridized carbons (Fsp3) is 0.667. The van der Waals surface area contributed by atoms with Crippen molar-refractivity contribution in [2.24, 2.45) is 0 Å². The van der Waals surface area contributed by atoms with E-state index in [2.05, 4.69) is 20.3 Å². The van der Waals surface area contributed by atoms with Crippen molar-refractivity contribution in [3.63, 3.8) is 0 Å². The summed E-state index contributed by atoms with van der Waals surface area (Å²) in [6, 6.07) is 0. The maximum atomic E-state index is 10.2. The topological polar surface area (TPSA) is 106 Å². The van der Waals surface area contributed by atoms with Crippen LogP contribution < -0.4 is 11.1 Å². The van der Waals surface area contributed by atoms with E-state index in [9.17, 15) is 5.11 Å². The van der Waals surface area contributed by atoms with E-state index in [1.165, 1.54) is 0 Å². The number of nitrogens with one attached hydrogen (secondary N) is 1. The van der Waals surface area contributed by atoms with Crippen molar-refractivity contribution in [2.75, 3.05) is 30.8 Å². The Balaban J connectivity index is 1.96. The van der Waals surface area contributed by atoms with Crippen molar-refractivity contribution in [3.8, 4) is 0 Å². The lowest BCUT2D eigenvalue weighted by Crippen LogP contribution is -2.42. The molecule has 1 aromatic heterocycles. The second kappa shape index (κ2) is 4.99. The van der Waals surface area contributed by atoms with Gasteiger partial charge in [-0.15, -0.1) is 0 Å². The number of hydrogen-bond donors (Lipinski definition) is 3. The van der Waals surface area contributed by atoms with Gasteiger partial charge < -0.3 is 20.9 Å². The van der Waals surface area contributed by atoms with Crippen LogP contribution in [0.25, 0.3) is 0 Å². The third kappa shape index (κ3) is 3.39. The van der Waals surface area contributed by atoms with Crippen LogP contribution in [0.5, 0.6) is 0 Å². The Morgan fingerprint density at radius 1 is 1.35 bits per heavy atom. The predicted molar refractivity (Wildman–Crippen MR) is 62.7 cm³/mol. The lowest BCUT2D eigenvalue weighted by molar-refractivity contribution is -0.0544. The molecular formula is C9H14ClN5O2. The van der Waals surface area contributed by atoms with Crippen molar-refractivity contribution in [2.45, 2.75) is 18.4 Å². The van der Waals surface area contributed by atoms with Crippen LogP contribution in [0.15, 0.2) is 0 Å². The molecule has 0 aromatic carbocycles. The molecule has 2 rings (SSSR count). The highest BCUT2D eigenvalue weighted by molar-refractivity contribution is 6.28. The van der Waals surface area contributed by atoms with Crippen LogP contribution >= 0.6 is 11.6 Å². The minimum atomic E-state index is -0.799. The smallest absolute Gasteiger partial charge is 0.228 e. The first-order chi connectivity index (χ1) is 8.07. The Kier molecular flexibility index (Phi) is 3.60. The molecule has 8 heteroatoms. The third-order valence-electron chi connectivity index (χ3n) is 2.62. The van der Waals surface area contributed by atoms with Gasteiger partial charge in [-0.05, 0) is 11.6 Å². The van der Waals surface area contributed by atoms with Gasteiger partial charge in [-0.2, -0.15) is 15.0 Å². The second-order valence-electron chi connectivity index (χ2n) is 3.98. The van der Waals surface area contributed by atoms with Crippen molar-refractivity contribution in [3.05, 3.63) is 5.28 Å². The molecule has 0 radical (unpaired) electrons. The molecule has 17 heavy (non-hydrogen) atoms. The SMILES string of the molecule is Nc1nc(Cl)nc(NCC2(O)CCOCC2)n1. The van der Waals surface area contributed by atoms with E-state index in [0.29, 0.717) is 32.6 Å². The van der Waals surface area contributed by atoms with Gasteiger partial charge in [-0.25, -0.2) is 0 Å². The van der Waals surface area contributed by atoms with Crippen molar-refractivity contribution in [1.82, 2.24) is 15.0 Å². The van der Waals surface area contributed by atoms with E-state index >= 15 is 0 Å². The van der Waals surface area contributed by atoms with Crippen molar-refractivity contribution < 1.29 is 9.84 Å². The summed E-state index contributed by atoms with van der Waals surface area (Å²) in [4.78, 5) is 11.4. The standard InChI is InChI=1S/C9H14ClN5O2/c10-6-13-7(11)15-8(14-6)12-5-9(16)1-3-17-4-2-9/h16H,1-5H2,(H3,11,12,13,14,15). The average molecular weight is 260 g/mol. The van der Waals surface area contributed by atoms with Crippen LogP contribution in [0.2, 0.25) is 5.28 Å². The fourth-order valence-corrected chi connectivity index (χ4v) is 1.78. The molecule has 4 N–H and O–H groups in total. The zero-order valence-electron chi connectivity index (χ0n) is 9.19. The fourth-order valence-electron chi connectivity index (χ4n) is 1.62. The third-order valence-corrected chi connectivity index (χ3v) is 2.79. The summed E-state index contributed by atoms with van der Waals surface area (Å²) in [7, 11) is 0. The number of nitrogens with two attached hydrogens (primary N) is 1. The summed E-state index contributed by atoms with van der Waals surface area (Å²) in [6.45, 7) is 1.44. The quantitative estimate of drug-likeness (QED) is 0.705. The van der Waals surface area contributed by atoms with Gasteiger partial charge in [0.2, 0.25) is 17.2 Å². The summed E-state index contributed by atoms with van der Waals surface area (Å²) >= 11 is 5.64. The van der Waals surface area contributed by atoms with E-state index in [1.54, 1.807) is 0 Å². The van der Waals surface area contributed by atoms with E-state index in [4.69, 9.17) is 22.1 Å². The zero-order chi connectivity index (χ0) is 12.3. The van der Waals surface area contributed by atoms with E-state index in [-0.39, 0.29) is 17.2 Å². The highest BCUT2D eigenvalue weighted by Crippen LogP contribution is 2.20. The van der Waals surface area contributed by atoms with E-state index in [0.717, 1.165) is 0 Å². The Bertz CT molecular complexity index is 377. The molecule has 1 saturated heterocycles. The highest BCUT2D eigenvalue weighted by atomic mass is 35.5. The van der Waals surface area contributed by atoms with Gasteiger partial charge in [0.15, 0.2) is 0 Å². The van der Waals surface area contributed by atoms with Crippen LogP contribution in [-0.4, -0.2) is 45.4 Å². The molecule has 1 aliphatic rings. The maximum absolute atomic E-state index is 10.2. The summed E-state index contributed by atoms with van der Waals surface area (Å²) in [6.07, 6.45) is 1.16. The number of halogens is 1.